The smallest absolute Gasteiger partial charge is 0.289 e. The maximum atomic E-state index is 14.4. The molecule has 5 amide bonds. The van der Waals surface area contributed by atoms with Crippen LogP contribution in [0.2, 0.25) is 0 Å². The highest BCUT2D eigenvalue weighted by Crippen LogP contribution is 2.43. The van der Waals surface area contributed by atoms with Gasteiger partial charge in [-0.25, -0.2) is 4.98 Å². The molecule has 13 heteroatoms. The Hall–Kier alpha value is -3.90. The summed E-state index contributed by atoms with van der Waals surface area (Å²) in [5, 5.41) is 11.2. The quantitative estimate of drug-likeness (QED) is 0.233. The lowest BCUT2D eigenvalue weighted by atomic mass is 9.85. The van der Waals surface area contributed by atoms with Gasteiger partial charge in [0.2, 0.25) is 23.5 Å². The molecule has 1 aliphatic heterocycles. The summed E-state index contributed by atoms with van der Waals surface area (Å²) in [5.74, 6) is -3.60. The molecule has 258 valence electrons. The summed E-state index contributed by atoms with van der Waals surface area (Å²) in [4.78, 5) is 90.4. The summed E-state index contributed by atoms with van der Waals surface area (Å²) in [6.45, 7) is 11.3. The molecular weight excluding hydrogens is 602 g/mol. The van der Waals surface area contributed by atoms with Gasteiger partial charge in [0.1, 0.15) is 23.8 Å². The minimum absolute atomic E-state index is 0.00760. The van der Waals surface area contributed by atoms with E-state index in [-0.39, 0.29) is 29.5 Å². The van der Waals surface area contributed by atoms with E-state index in [2.05, 4.69) is 31.2 Å². The molecule has 13 nitrogen and oxygen atoms in total. The minimum atomic E-state index is -1.01. The number of carbonyl (C=O) groups is 6. The first-order chi connectivity index (χ1) is 22.2. The molecule has 4 rings (SSSR count). The van der Waals surface area contributed by atoms with Crippen molar-refractivity contribution in [3.63, 3.8) is 0 Å². The van der Waals surface area contributed by atoms with Gasteiger partial charge in [-0.2, -0.15) is 0 Å². The highest BCUT2D eigenvalue weighted by Gasteiger charge is 2.52. The zero-order chi connectivity index (χ0) is 34.5. The normalized spacial score (nSPS) is 22.8. The van der Waals surface area contributed by atoms with Gasteiger partial charge in [-0.1, -0.05) is 54.4 Å². The van der Waals surface area contributed by atoms with Crippen LogP contribution in [0.1, 0.15) is 103 Å². The standard InChI is InChI=1S/C34H51N7O6/c1-7-10-23(27(42)32(46)37-21-12-9-13-21)38-31(45)26-22-14-8-11-20(22)18-41(26)33(47)28(34(4,5)6)40-30(44)25(19(2)3)39-29(43)24-17-35-15-16-36-24/h15-17,19-23,25-26,28H,7-14,18H2,1-6H3,(H,37,46)(H,38,45)(H,39,43)(H,40,44)/t20-,22-,23?,25+,26?,28+/m0/s1. The molecule has 2 saturated carbocycles. The second-order valence-corrected chi connectivity index (χ2v) is 14.7. The molecule has 4 N–H and O–H groups in total. The first-order valence-electron chi connectivity index (χ1n) is 17.1. The third kappa shape index (κ3) is 8.53. The van der Waals surface area contributed by atoms with Gasteiger partial charge in [-0.15, -0.1) is 0 Å². The summed E-state index contributed by atoms with van der Waals surface area (Å²) < 4.78 is 0. The van der Waals surface area contributed by atoms with Gasteiger partial charge in [0, 0.05) is 25.0 Å². The average Bonchev–Trinajstić information content (AvgIpc) is 3.60. The number of carbonyl (C=O) groups excluding carboxylic acids is 6. The summed E-state index contributed by atoms with van der Waals surface area (Å²) in [6.07, 6.45) is 10.3. The van der Waals surface area contributed by atoms with Crippen LogP contribution in [0.4, 0.5) is 0 Å². The molecule has 47 heavy (non-hydrogen) atoms. The van der Waals surface area contributed by atoms with E-state index in [9.17, 15) is 28.8 Å². The monoisotopic (exact) mass is 653 g/mol. The molecule has 2 unspecified atom stereocenters. The molecule has 0 spiro atoms. The Balaban J connectivity index is 1.53. The minimum Gasteiger partial charge on any atom is -0.347 e. The number of nitrogens with zero attached hydrogens (tertiary/aromatic N) is 3. The fourth-order valence-corrected chi connectivity index (χ4v) is 6.86. The second-order valence-electron chi connectivity index (χ2n) is 14.7. The lowest BCUT2D eigenvalue weighted by Crippen LogP contribution is -2.62. The predicted molar refractivity (Wildman–Crippen MR) is 173 cm³/mol. The fourth-order valence-electron chi connectivity index (χ4n) is 6.86. The fraction of sp³-hybridized carbons (Fsp3) is 0.706. The lowest BCUT2D eigenvalue weighted by Gasteiger charge is -2.37. The van der Waals surface area contributed by atoms with Crippen LogP contribution in [-0.2, 0) is 24.0 Å². The van der Waals surface area contributed by atoms with Crippen LogP contribution in [0, 0.1) is 23.2 Å². The van der Waals surface area contributed by atoms with Gasteiger partial charge in [-0.05, 0) is 61.7 Å². The lowest BCUT2D eigenvalue weighted by molar-refractivity contribution is -0.146. The highest BCUT2D eigenvalue weighted by atomic mass is 16.2. The van der Waals surface area contributed by atoms with E-state index in [1.54, 1.807) is 18.7 Å². The Labute approximate surface area is 277 Å². The van der Waals surface area contributed by atoms with E-state index in [0.717, 1.165) is 38.5 Å². The first-order valence-corrected chi connectivity index (χ1v) is 17.1. The van der Waals surface area contributed by atoms with Crippen molar-refractivity contribution < 1.29 is 28.8 Å². The van der Waals surface area contributed by atoms with Crippen molar-refractivity contribution in [2.75, 3.05) is 6.54 Å². The van der Waals surface area contributed by atoms with Gasteiger partial charge in [0.05, 0.1) is 12.2 Å². The van der Waals surface area contributed by atoms with Crippen molar-refractivity contribution in [3.05, 3.63) is 24.3 Å². The summed E-state index contributed by atoms with van der Waals surface area (Å²) in [7, 11) is 0. The van der Waals surface area contributed by atoms with Crippen LogP contribution >= 0.6 is 0 Å². The summed E-state index contributed by atoms with van der Waals surface area (Å²) >= 11 is 0. The molecule has 3 fully saturated rings. The van der Waals surface area contributed by atoms with Crippen molar-refractivity contribution in [1.82, 2.24) is 36.1 Å². The molecule has 2 aliphatic carbocycles. The molecule has 2 heterocycles. The highest BCUT2D eigenvalue weighted by molar-refractivity contribution is 6.38. The number of ketones is 1. The van der Waals surface area contributed by atoms with Crippen molar-refractivity contribution in [1.29, 1.82) is 0 Å². The Morgan fingerprint density at radius 2 is 1.66 bits per heavy atom. The largest absolute Gasteiger partial charge is 0.347 e. The molecule has 3 aliphatic rings. The Morgan fingerprint density at radius 3 is 2.23 bits per heavy atom. The Kier molecular flexibility index (Phi) is 11.7. The number of likely N-dealkylation sites (tertiary alicyclic amines) is 1. The maximum absolute atomic E-state index is 14.4. The third-order valence-corrected chi connectivity index (χ3v) is 9.75. The van der Waals surface area contributed by atoms with Crippen LogP contribution in [0.5, 0.6) is 0 Å². The van der Waals surface area contributed by atoms with Crippen molar-refractivity contribution >= 4 is 35.3 Å². The van der Waals surface area contributed by atoms with E-state index < -0.39 is 64.9 Å². The Bertz CT molecular complexity index is 1330. The number of hydrogen-bond acceptors (Lipinski definition) is 8. The van der Waals surface area contributed by atoms with Crippen LogP contribution in [-0.4, -0.2) is 86.9 Å². The van der Waals surface area contributed by atoms with Gasteiger partial charge in [0.25, 0.3) is 11.8 Å². The molecule has 0 aromatic carbocycles. The topological polar surface area (TPSA) is 180 Å². The number of hydrogen-bond donors (Lipinski definition) is 4. The van der Waals surface area contributed by atoms with Gasteiger partial charge >= 0.3 is 0 Å². The van der Waals surface area contributed by atoms with Gasteiger partial charge in [-0.3, -0.25) is 33.8 Å². The number of rotatable bonds is 13. The SMILES string of the molecule is CCCC(NC(=O)C1[C@H]2CCC[C@H]2CN1C(=O)[C@@H](NC(=O)[C@H](NC(=O)c1cnccn1)C(C)C)C(C)(C)C)C(=O)C(=O)NC1CCC1. The summed E-state index contributed by atoms with van der Waals surface area (Å²) in [6, 6.07) is -3.82. The van der Waals surface area contributed by atoms with Crippen LogP contribution in [0.25, 0.3) is 0 Å². The molecule has 1 saturated heterocycles. The number of amides is 5. The summed E-state index contributed by atoms with van der Waals surface area (Å²) in [5.41, 5.74) is -0.686. The molecule has 1 aromatic rings. The number of fused-ring (bicyclic) bond motifs is 1. The molecular formula is C34H51N7O6. The van der Waals surface area contributed by atoms with E-state index >= 15 is 0 Å². The predicted octanol–water partition coefficient (Wildman–Crippen LogP) is 1.91. The van der Waals surface area contributed by atoms with Crippen molar-refractivity contribution in [2.24, 2.45) is 23.2 Å². The number of Topliss-reactive ketones (excluding diaryl/α,β-unsaturated/α-hetero) is 1. The van der Waals surface area contributed by atoms with E-state index in [1.807, 2.05) is 27.7 Å². The van der Waals surface area contributed by atoms with Gasteiger partial charge < -0.3 is 26.2 Å². The molecule has 0 radical (unpaired) electrons. The molecule has 1 aromatic heterocycles. The van der Waals surface area contributed by atoms with E-state index in [0.29, 0.717) is 19.4 Å². The van der Waals surface area contributed by atoms with Crippen molar-refractivity contribution in [3.8, 4) is 0 Å². The van der Waals surface area contributed by atoms with E-state index in [1.165, 1.54) is 18.6 Å². The molecule has 0 bridgehead atoms. The van der Waals surface area contributed by atoms with Crippen molar-refractivity contribution in [2.45, 2.75) is 123 Å². The number of nitrogens with one attached hydrogen (secondary N) is 4. The maximum Gasteiger partial charge on any atom is 0.289 e. The molecule has 6 atom stereocenters. The van der Waals surface area contributed by atoms with Crippen LogP contribution in [0.3, 0.4) is 0 Å². The van der Waals surface area contributed by atoms with E-state index in [4.69, 9.17) is 0 Å². The number of aromatic nitrogens is 2. The first kappa shape index (κ1) is 35.9. The third-order valence-electron chi connectivity index (χ3n) is 9.75. The zero-order valence-electron chi connectivity index (χ0n) is 28.5. The van der Waals surface area contributed by atoms with Gasteiger partial charge in [0.15, 0.2) is 0 Å². The average molecular weight is 654 g/mol. The zero-order valence-corrected chi connectivity index (χ0v) is 28.5. The second kappa shape index (κ2) is 15.3. The Morgan fingerprint density at radius 1 is 0.957 bits per heavy atom. The van der Waals surface area contributed by atoms with Crippen LogP contribution in [0.15, 0.2) is 18.6 Å². The van der Waals surface area contributed by atoms with Crippen LogP contribution < -0.4 is 21.3 Å².